The molecule has 0 aromatic heterocycles. The van der Waals surface area contributed by atoms with Crippen LogP contribution in [0, 0.1) is 0 Å². The van der Waals surface area contributed by atoms with Crippen molar-refractivity contribution >= 4 is 15.9 Å². The SMILES string of the molecule is CC1OCCC1NCCOc1cccc(Br)c1. The fourth-order valence-electron chi connectivity index (χ4n) is 1.97. The Morgan fingerprint density at radius 1 is 1.53 bits per heavy atom. The van der Waals surface area contributed by atoms with Crippen LogP contribution in [-0.2, 0) is 4.74 Å². The summed E-state index contributed by atoms with van der Waals surface area (Å²) in [6.07, 6.45) is 1.42. The average molecular weight is 300 g/mol. The third-order valence-electron chi connectivity index (χ3n) is 2.95. The largest absolute Gasteiger partial charge is 0.492 e. The summed E-state index contributed by atoms with van der Waals surface area (Å²) < 4.78 is 12.2. The maximum Gasteiger partial charge on any atom is 0.120 e. The van der Waals surface area contributed by atoms with E-state index in [9.17, 15) is 0 Å². The van der Waals surface area contributed by atoms with Crippen LogP contribution in [0.15, 0.2) is 28.7 Å². The molecule has 0 bridgehead atoms. The first-order valence-corrected chi connectivity index (χ1v) is 6.78. The highest BCUT2D eigenvalue weighted by atomic mass is 79.9. The van der Waals surface area contributed by atoms with Gasteiger partial charge >= 0.3 is 0 Å². The van der Waals surface area contributed by atoms with Crippen LogP contribution in [0.5, 0.6) is 5.75 Å². The van der Waals surface area contributed by atoms with Crippen LogP contribution in [0.1, 0.15) is 13.3 Å². The van der Waals surface area contributed by atoms with E-state index in [0.717, 1.165) is 29.8 Å². The van der Waals surface area contributed by atoms with Gasteiger partial charge in [0.15, 0.2) is 0 Å². The topological polar surface area (TPSA) is 30.5 Å². The number of nitrogens with one attached hydrogen (secondary N) is 1. The first kappa shape index (κ1) is 12.9. The third-order valence-corrected chi connectivity index (χ3v) is 3.44. The molecule has 3 nitrogen and oxygen atoms in total. The van der Waals surface area contributed by atoms with Crippen LogP contribution in [-0.4, -0.2) is 31.9 Å². The molecule has 0 saturated carbocycles. The number of hydrogen-bond donors (Lipinski definition) is 1. The van der Waals surface area contributed by atoms with Crippen molar-refractivity contribution in [2.75, 3.05) is 19.8 Å². The van der Waals surface area contributed by atoms with E-state index in [1.807, 2.05) is 24.3 Å². The van der Waals surface area contributed by atoms with Crippen molar-refractivity contribution in [2.45, 2.75) is 25.5 Å². The van der Waals surface area contributed by atoms with Gasteiger partial charge in [0, 0.05) is 23.7 Å². The second-order valence-electron chi connectivity index (χ2n) is 4.23. The first-order chi connectivity index (χ1) is 8.25. The molecule has 0 radical (unpaired) electrons. The van der Waals surface area contributed by atoms with Crippen LogP contribution in [0.4, 0.5) is 0 Å². The lowest BCUT2D eigenvalue weighted by Gasteiger charge is -2.16. The zero-order chi connectivity index (χ0) is 12.1. The van der Waals surface area contributed by atoms with Gasteiger partial charge in [-0.25, -0.2) is 0 Å². The Balaban J connectivity index is 1.66. The summed E-state index contributed by atoms with van der Waals surface area (Å²) in [6, 6.07) is 8.37. The molecular weight excluding hydrogens is 282 g/mol. The molecule has 1 fully saturated rings. The zero-order valence-electron chi connectivity index (χ0n) is 9.99. The molecule has 17 heavy (non-hydrogen) atoms. The van der Waals surface area contributed by atoms with E-state index in [1.54, 1.807) is 0 Å². The molecular formula is C13H18BrNO2. The molecule has 2 unspecified atom stereocenters. The van der Waals surface area contributed by atoms with Gasteiger partial charge in [-0.3, -0.25) is 0 Å². The Kier molecular flexibility index (Phi) is 4.83. The summed E-state index contributed by atoms with van der Waals surface area (Å²) in [6.45, 7) is 4.51. The van der Waals surface area contributed by atoms with Crippen LogP contribution in [0.3, 0.4) is 0 Å². The van der Waals surface area contributed by atoms with Gasteiger partial charge in [-0.2, -0.15) is 0 Å². The van der Waals surface area contributed by atoms with Crippen LogP contribution in [0.2, 0.25) is 0 Å². The van der Waals surface area contributed by atoms with Gasteiger partial charge in [0.05, 0.1) is 6.10 Å². The van der Waals surface area contributed by atoms with Gasteiger partial charge in [-0.15, -0.1) is 0 Å². The zero-order valence-corrected chi connectivity index (χ0v) is 11.6. The summed E-state index contributed by atoms with van der Waals surface area (Å²) >= 11 is 3.42. The van der Waals surface area contributed by atoms with Crippen LogP contribution >= 0.6 is 15.9 Å². The summed E-state index contributed by atoms with van der Waals surface area (Å²) in [7, 11) is 0. The normalized spacial score (nSPS) is 23.9. The Morgan fingerprint density at radius 2 is 2.41 bits per heavy atom. The summed E-state index contributed by atoms with van der Waals surface area (Å²) in [4.78, 5) is 0. The Labute approximate surface area is 111 Å². The molecule has 0 aliphatic carbocycles. The molecule has 94 valence electrons. The van der Waals surface area contributed by atoms with Gasteiger partial charge in [-0.1, -0.05) is 22.0 Å². The summed E-state index contributed by atoms with van der Waals surface area (Å²) in [5.41, 5.74) is 0. The molecule has 0 spiro atoms. The van der Waals surface area contributed by atoms with E-state index < -0.39 is 0 Å². The van der Waals surface area contributed by atoms with Gasteiger partial charge in [-0.05, 0) is 31.5 Å². The van der Waals surface area contributed by atoms with E-state index >= 15 is 0 Å². The summed E-state index contributed by atoms with van der Waals surface area (Å²) in [5.74, 6) is 0.900. The molecule has 2 atom stereocenters. The summed E-state index contributed by atoms with van der Waals surface area (Å²) in [5, 5.41) is 3.45. The monoisotopic (exact) mass is 299 g/mol. The maximum absolute atomic E-state index is 5.65. The molecule has 1 aromatic carbocycles. The minimum absolute atomic E-state index is 0.320. The predicted molar refractivity (Wildman–Crippen MR) is 71.5 cm³/mol. The second-order valence-corrected chi connectivity index (χ2v) is 5.15. The molecule has 1 aromatic rings. The van der Waals surface area contributed by atoms with Crippen molar-refractivity contribution in [3.63, 3.8) is 0 Å². The quantitative estimate of drug-likeness (QED) is 0.848. The predicted octanol–water partition coefficient (Wildman–Crippen LogP) is 2.59. The standard InChI is InChI=1S/C13H18BrNO2/c1-10-13(5-7-16-10)15-6-8-17-12-4-2-3-11(14)9-12/h2-4,9-10,13,15H,5-8H2,1H3. The molecule has 1 aliphatic rings. The number of hydrogen-bond acceptors (Lipinski definition) is 3. The fourth-order valence-corrected chi connectivity index (χ4v) is 2.35. The first-order valence-electron chi connectivity index (χ1n) is 5.99. The number of benzene rings is 1. The van der Waals surface area contributed by atoms with Crippen molar-refractivity contribution in [2.24, 2.45) is 0 Å². The van der Waals surface area contributed by atoms with Crippen LogP contribution < -0.4 is 10.1 Å². The highest BCUT2D eigenvalue weighted by Gasteiger charge is 2.22. The molecule has 1 saturated heterocycles. The average Bonchev–Trinajstić information content (AvgIpc) is 2.71. The molecule has 1 heterocycles. The molecule has 1 N–H and O–H groups in total. The Bertz CT molecular complexity index is 359. The van der Waals surface area contributed by atoms with Gasteiger partial charge in [0.1, 0.15) is 12.4 Å². The van der Waals surface area contributed by atoms with Crippen LogP contribution in [0.25, 0.3) is 0 Å². The molecule has 4 heteroatoms. The third kappa shape index (κ3) is 3.98. The van der Waals surface area contributed by atoms with E-state index in [-0.39, 0.29) is 0 Å². The van der Waals surface area contributed by atoms with E-state index in [0.29, 0.717) is 18.8 Å². The van der Waals surface area contributed by atoms with Crippen molar-refractivity contribution in [3.05, 3.63) is 28.7 Å². The minimum Gasteiger partial charge on any atom is -0.492 e. The number of ether oxygens (including phenoxy) is 2. The lowest BCUT2D eigenvalue weighted by Crippen LogP contribution is -2.37. The second kappa shape index (κ2) is 6.38. The molecule has 2 rings (SSSR count). The maximum atomic E-state index is 5.65. The van der Waals surface area contributed by atoms with Crippen molar-refractivity contribution in [1.29, 1.82) is 0 Å². The smallest absolute Gasteiger partial charge is 0.120 e. The fraction of sp³-hybridized carbons (Fsp3) is 0.538. The molecule has 1 aliphatic heterocycles. The Hall–Kier alpha value is -0.580. The van der Waals surface area contributed by atoms with Crippen molar-refractivity contribution < 1.29 is 9.47 Å². The Morgan fingerprint density at radius 3 is 3.12 bits per heavy atom. The van der Waals surface area contributed by atoms with Gasteiger partial charge in [0.2, 0.25) is 0 Å². The van der Waals surface area contributed by atoms with E-state index in [2.05, 4.69) is 28.2 Å². The van der Waals surface area contributed by atoms with Crippen molar-refractivity contribution in [1.82, 2.24) is 5.32 Å². The highest BCUT2D eigenvalue weighted by molar-refractivity contribution is 9.10. The molecule has 0 amide bonds. The van der Waals surface area contributed by atoms with Gasteiger partial charge in [0.25, 0.3) is 0 Å². The van der Waals surface area contributed by atoms with Crippen molar-refractivity contribution in [3.8, 4) is 5.75 Å². The number of halogens is 1. The number of rotatable bonds is 5. The highest BCUT2D eigenvalue weighted by Crippen LogP contribution is 2.17. The van der Waals surface area contributed by atoms with Gasteiger partial charge < -0.3 is 14.8 Å². The van der Waals surface area contributed by atoms with E-state index in [4.69, 9.17) is 9.47 Å². The van der Waals surface area contributed by atoms with E-state index in [1.165, 1.54) is 0 Å². The lowest BCUT2D eigenvalue weighted by molar-refractivity contribution is 0.112. The minimum atomic E-state index is 0.320. The lowest BCUT2D eigenvalue weighted by atomic mass is 10.1.